The first-order valence-corrected chi connectivity index (χ1v) is 11.8. The minimum absolute atomic E-state index is 0.105. The normalized spacial score (nSPS) is 18.9. The number of nitrogens with one attached hydrogen (secondary N) is 1. The summed E-state index contributed by atoms with van der Waals surface area (Å²) in [7, 11) is 0. The van der Waals surface area contributed by atoms with Crippen LogP contribution in [0.3, 0.4) is 0 Å². The predicted octanol–water partition coefficient (Wildman–Crippen LogP) is 4.38. The molecule has 0 saturated carbocycles. The number of aliphatic imine (C=N–C) groups is 1. The molecule has 2 aliphatic heterocycles. The molecule has 5 nitrogen and oxygen atoms in total. The number of likely N-dealkylation sites (tertiary alicyclic amines) is 1. The third kappa shape index (κ3) is 6.79. The lowest BCUT2D eigenvalue weighted by molar-refractivity contribution is -0.116. The van der Waals surface area contributed by atoms with E-state index < -0.39 is 0 Å². The van der Waals surface area contributed by atoms with Gasteiger partial charge in [-0.1, -0.05) is 48.9 Å². The topological polar surface area (TPSA) is 53.9 Å². The average molecular weight is 432 g/mol. The Bertz CT molecular complexity index is 933. The van der Waals surface area contributed by atoms with Crippen LogP contribution in [0.2, 0.25) is 0 Å². The summed E-state index contributed by atoms with van der Waals surface area (Å²) in [6.07, 6.45) is 8.90. The van der Waals surface area contributed by atoms with Gasteiger partial charge in [-0.2, -0.15) is 0 Å². The molecular formula is C27H33N3O2. The summed E-state index contributed by atoms with van der Waals surface area (Å²) in [5.41, 5.74) is 2.46. The first-order chi connectivity index (χ1) is 15.8. The molecule has 0 bridgehead atoms. The molecule has 168 valence electrons. The fraction of sp³-hybridized carbons (Fsp3) is 0.407. The van der Waals surface area contributed by atoms with E-state index in [4.69, 9.17) is 4.74 Å². The van der Waals surface area contributed by atoms with E-state index in [-0.39, 0.29) is 11.7 Å². The molecule has 5 heteroatoms. The maximum atomic E-state index is 12.4. The Morgan fingerprint density at radius 1 is 1.00 bits per heavy atom. The summed E-state index contributed by atoms with van der Waals surface area (Å²) < 4.78 is 5.95. The Morgan fingerprint density at radius 2 is 1.81 bits per heavy atom. The minimum Gasteiger partial charge on any atom is -0.494 e. The molecular weight excluding hydrogens is 398 g/mol. The SMILES string of the molecule is O=C1C=C(NCCCOc2cccc(CN3CCCCC3)c2)N=CC1Cc1ccccc1. The van der Waals surface area contributed by atoms with Gasteiger partial charge in [0.1, 0.15) is 11.6 Å². The number of benzene rings is 2. The highest BCUT2D eigenvalue weighted by Crippen LogP contribution is 2.18. The molecule has 0 radical (unpaired) electrons. The molecule has 0 aliphatic carbocycles. The number of carbonyl (C=O) groups is 1. The number of hydrogen-bond acceptors (Lipinski definition) is 5. The minimum atomic E-state index is -0.177. The van der Waals surface area contributed by atoms with E-state index in [1.165, 1.54) is 37.9 Å². The standard InChI is InChI=1S/C27H33N3O2/c31-26-19-27(29-20-24(26)17-22-9-3-1-4-10-22)28-13-8-16-32-25-12-7-11-23(18-25)21-30-14-5-2-6-15-30/h1,3-4,7,9-12,18-20,24,28H,2,5-6,8,13-17,21H2. The quantitative estimate of drug-likeness (QED) is 0.567. The molecule has 2 aromatic rings. The molecule has 2 aliphatic rings. The summed E-state index contributed by atoms with van der Waals surface area (Å²) in [6, 6.07) is 18.5. The number of piperidine rings is 1. The molecule has 0 amide bonds. The zero-order valence-corrected chi connectivity index (χ0v) is 18.7. The van der Waals surface area contributed by atoms with E-state index in [0.717, 1.165) is 24.3 Å². The number of rotatable bonds is 10. The highest BCUT2D eigenvalue weighted by Gasteiger charge is 2.19. The Labute approximate surface area is 191 Å². The molecule has 32 heavy (non-hydrogen) atoms. The molecule has 1 N–H and O–H groups in total. The number of ether oxygens (including phenoxy) is 1. The van der Waals surface area contributed by atoms with Gasteiger partial charge in [-0.15, -0.1) is 0 Å². The maximum Gasteiger partial charge on any atom is 0.168 e. The number of ketones is 1. The van der Waals surface area contributed by atoms with E-state index in [9.17, 15) is 4.79 Å². The van der Waals surface area contributed by atoms with Crippen molar-refractivity contribution in [2.45, 2.75) is 38.6 Å². The summed E-state index contributed by atoms with van der Waals surface area (Å²) in [5.74, 6) is 1.49. The summed E-state index contributed by atoms with van der Waals surface area (Å²) >= 11 is 0. The molecule has 1 atom stereocenters. The Hall–Kier alpha value is -2.92. The lowest BCUT2D eigenvalue weighted by atomic mass is 9.95. The molecule has 2 aromatic carbocycles. The Kier molecular flexibility index (Phi) is 8.10. The number of allylic oxidation sites excluding steroid dienone is 1. The first-order valence-electron chi connectivity index (χ1n) is 11.8. The largest absolute Gasteiger partial charge is 0.494 e. The van der Waals surface area contributed by atoms with Crippen LogP contribution < -0.4 is 10.1 Å². The third-order valence-corrected chi connectivity index (χ3v) is 5.99. The van der Waals surface area contributed by atoms with Gasteiger partial charge in [0.05, 0.1) is 12.5 Å². The van der Waals surface area contributed by atoms with Crippen molar-refractivity contribution in [3.05, 3.63) is 77.6 Å². The van der Waals surface area contributed by atoms with Crippen LogP contribution in [0.5, 0.6) is 5.75 Å². The highest BCUT2D eigenvalue weighted by molar-refractivity contribution is 6.04. The maximum absolute atomic E-state index is 12.4. The van der Waals surface area contributed by atoms with Crippen molar-refractivity contribution in [1.29, 1.82) is 0 Å². The molecule has 0 spiro atoms. The summed E-state index contributed by atoms with van der Waals surface area (Å²) in [5, 5.41) is 3.24. The second kappa shape index (κ2) is 11.6. The van der Waals surface area contributed by atoms with Gasteiger partial charge in [0.2, 0.25) is 0 Å². The van der Waals surface area contributed by atoms with Crippen molar-refractivity contribution in [2.75, 3.05) is 26.2 Å². The number of hydrogen-bond donors (Lipinski definition) is 1. The second-order valence-corrected chi connectivity index (χ2v) is 8.62. The monoisotopic (exact) mass is 431 g/mol. The van der Waals surface area contributed by atoms with Crippen LogP contribution in [-0.2, 0) is 17.8 Å². The lowest BCUT2D eigenvalue weighted by Gasteiger charge is -2.26. The van der Waals surface area contributed by atoms with Gasteiger partial charge < -0.3 is 10.1 Å². The van der Waals surface area contributed by atoms with E-state index in [1.54, 1.807) is 12.3 Å². The van der Waals surface area contributed by atoms with Gasteiger partial charge in [-0.25, -0.2) is 4.99 Å². The zero-order chi connectivity index (χ0) is 22.0. The smallest absolute Gasteiger partial charge is 0.168 e. The van der Waals surface area contributed by atoms with Gasteiger partial charge in [0.25, 0.3) is 0 Å². The van der Waals surface area contributed by atoms with Crippen LogP contribution in [0, 0.1) is 5.92 Å². The van der Waals surface area contributed by atoms with Gasteiger partial charge in [-0.05, 0) is 62.0 Å². The van der Waals surface area contributed by atoms with Crippen molar-refractivity contribution in [3.63, 3.8) is 0 Å². The predicted molar refractivity (Wildman–Crippen MR) is 129 cm³/mol. The van der Waals surface area contributed by atoms with Crippen molar-refractivity contribution in [2.24, 2.45) is 10.9 Å². The summed E-state index contributed by atoms with van der Waals surface area (Å²) in [6.45, 7) is 4.74. The molecule has 4 rings (SSSR count). The lowest BCUT2D eigenvalue weighted by Crippen LogP contribution is -2.29. The van der Waals surface area contributed by atoms with Gasteiger partial charge in [0, 0.05) is 25.4 Å². The van der Waals surface area contributed by atoms with Crippen molar-refractivity contribution < 1.29 is 9.53 Å². The second-order valence-electron chi connectivity index (χ2n) is 8.62. The van der Waals surface area contributed by atoms with E-state index in [2.05, 4.69) is 33.4 Å². The zero-order valence-electron chi connectivity index (χ0n) is 18.7. The van der Waals surface area contributed by atoms with E-state index in [0.29, 0.717) is 25.4 Å². The van der Waals surface area contributed by atoms with Crippen molar-refractivity contribution >= 4 is 12.0 Å². The molecule has 1 saturated heterocycles. The van der Waals surface area contributed by atoms with Crippen molar-refractivity contribution in [3.8, 4) is 5.75 Å². The van der Waals surface area contributed by atoms with Crippen LogP contribution in [0.1, 0.15) is 36.8 Å². The molecule has 1 unspecified atom stereocenters. The average Bonchev–Trinajstić information content (AvgIpc) is 2.82. The number of carbonyl (C=O) groups excluding carboxylic acids is 1. The van der Waals surface area contributed by atoms with E-state index >= 15 is 0 Å². The molecule has 1 fully saturated rings. The first kappa shape index (κ1) is 22.3. The molecule has 0 aromatic heterocycles. The van der Waals surface area contributed by atoms with Crippen LogP contribution in [0.25, 0.3) is 0 Å². The van der Waals surface area contributed by atoms with E-state index in [1.807, 2.05) is 36.4 Å². The van der Waals surface area contributed by atoms with Gasteiger partial charge in [-0.3, -0.25) is 9.69 Å². The van der Waals surface area contributed by atoms with Gasteiger partial charge in [0.15, 0.2) is 5.78 Å². The Morgan fingerprint density at radius 3 is 2.62 bits per heavy atom. The Balaban J connectivity index is 1.15. The molecule has 2 heterocycles. The highest BCUT2D eigenvalue weighted by atomic mass is 16.5. The fourth-order valence-electron chi connectivity index (χ4n) is 4.23. The van der Waals surface area contributed by atoms with Gasteiger partial charge >= 0.3 is 0 Å². The fourth-order valence-corrected chi connectivity index (χ4v) is 4.23. The third-order valence-electron chi connectivity index (χ3n) is 5.99. The summed E-state index contributed by atoms with van der Waals surface area (Å²) in [4.78, 5) is 19.4. The number of nitrogens with zero attached hydrogens (tertiary/aromatic N) is 2. The van der Waals surface area contributed by atoms with Crippen LogP contribution in [0.4, 0.5) is 0 Å². The van der Waals surface area contributed by atoms with Crippen LogP contribution >= 0.6 is 0 Å². The van der Waals surface area contributed by atoms with Crippen molar-refractivity contribution in [1.82, 2.24) is 10.2 Å². The van der Waals surface area contributed by atoms with Crippen LogP contribution in [-0.4, -0.2) is 43.1 Å². The van der Waals surface area contributed by atoms with Crippen LogP contribution in [0.15, 0.2) is 71.5 Å².